The van der Waals surface area contributed by atoms with E-state index in [1.54, 1.807) is 0 Å². The largest absolute Gasteiger partial charge is 0.397 e. The molecule has 0 unspecified atom stereocenters. The van der Waals surface area contributed by atoms with Crippen molar-refractivity contribution in [3.05, 3.63) is 22.4 Å². The maximum atomic E-state index is 12.9. The molecule has 0 saturated heterocycles. The van der Waals surface area contributed by atoms with E-state index < -0.39 is 24.7 Å². The normalized spacial score (nSPS) is 11.9. The monoisotopic (exact) mass is 318 g/mol. The predicted molar refractivity (Wildman–Crippen MR) is 58.0 cm³/mol. The molecule has 17 heavy (non-hydrogen) atoms. The van der Waals surface area contributed by atoms with Gasteiger partial charge >= 0.3 is 12.3 Å². The van der Waals surface area contributed by atoms with Gasteiger partial charge in [0.1, 0.15) is 5.82 Å². The Kier molecular flexibility index (Phi) is 4.18. The van der Waals surface area contributed by atoms with Crippen LogP contribution >= 0.6 is 15.9 Å². The summed E-state index contributed by atoms with van der Waals surface area (Å²) >= 11 is 2.82. The molecule has 0 atom stereocenters. The molecular weight excluding hydrogens is 311 g/mol. The summed E-state index contributed by atoms with van der Waals surface area (Å²) in [6.07, 6.45) is -3.78. The minimum absolute atomic E-state index is 0.00503. The van der Waals surface area contributed by atoms with E-state index in [4.69, 9.17) is 5.73 Å². The molecule has 2 nitrogen and oxygen atoms in total. The Labute approximate surface area is 102 Å². The van der Waals surface area contributed by atoms with Gasteiger partial charge in [0.05, 0.1) is 22.4 Å². The summed E-state index contributed by atoms with van der Waals surface area (Å²) in [4.78, 5) is 0. The topological polar surface area (TPSA) is 38.0 Å². The summed E-state index contributed by atoms with van der Waals surface area (Å²) in [6, 6.07) is 2.00. The van der Waals surface area contributed by atoms with Crippen molar-refractivity contribution in [2.75, 3.05) is 17.6 Å². The molecule has 0 aliphatic carbocycles. The zero-order valence-electron chi connectivity index (χ0n) is 8.28. The molecule has 0 saturated carbocycles. The second kappa shape index (κ2) is 5.07. The Morgan fingerprint density at radius 3 is 2.47 bits per heavy atom. The first-order valence-electron chi connectivity index (χ1n) is 4.38. The zero-order chi connectivity index (χ0) is 13.2. The second-order valence-electron chi connectivity index (χ2n) is 3.27. The molecule has 0 heterocycles. The van der Waals surface area contributed by atoms with E-state index in [0.717, 1.165) is 12.1 Å². The molecule has 1 rings (SSSR count). The van der Waals surface area contributed by atoms with Crippen molar-refractivity contribution in [2.45, 2.75) is 12.3 Å². The van der Waals surface area contributed by atoms with Crippen molar-refractivity contribution in [1.29, 1.82) is 0 Å². The molecule has 1 aromatic rings. The van der Waals surface area contributed by atoms with E-state index in [1.807, 2.05) is 0 Å². The van der Waals surface area contributed by atoms with Crippen LogP contribution in [0.25, 0.3) is 0 Å². The van der Waals surface area contributed by atoms with Crippen LogP contribution in [0.3, 0.4) is 0 Å². The van der Waals surface area contributed by atoms with Gasteiger partial charge in [-0.2, -0.15) is 8.78 Å². The van der Waals surface area contributed by atoms with Gasteiger partial charge in [-0.1, -0.05) is 0 Å². The highest BCUT2D eigenvalue weighted by molar-refractivity contribution is 9.10. The lowest BCUT2D eigenvalue weighted by atomic mass is 10.2. The van der Waals surface area contributed by atoms with Crippen molar-refractivity contribution >= 4 is 27.3 Å². The predicted octanol–water partition coefficient (Wildman–Crippen LogP) is 3.48. The maximum absolute atomic E-state index is 12.9. The third-order valence-electron chi connectivity index (χ3n) is 1.93. The van der Waals surface area contributed by atoms with E-state index >= 15 is 0 Å². The quantitative estimate of drug-likeness (QED) is 0.659. The Morgan fingerprint density at radius 2 is 1.94 bits per heavy atom. The minimum Gasteiger partial charge on any atom is -0.397 e. The summed E-state index contributed by atoms with van der Waals surface area (Å²) in [5.74, 6) is -4.85. The lowest BCUT2D eigenvalue weighted by molar-refractivity contribution is -0.117. The van der Waals surface area contributed by atoms with Crippen molar-refractivity contribution in [3.8, 4) is 0 Å². The minimum atomic E-state index is -4.17. The van der Waals surface area contributed by atoms with E-state index in [-0.39, 0.29) is 15.8 Å². The van der Waals surface area contributed by atoms with E-state index in [9.17, 15) is 22.0 Å². The average molecular weight is 319 g/mol. The molecule has 8 heteroatoms. The fourth-order valence-electron chi connectivity index (χ4n) is 1.01. The fourth-order valence-corrected chi connectivity index (χ4v) is 1.35. The van der Waals surface area contributed by atoms with Crippen molar-refractivity contribution in [1.82, 2.24) is 0 Å². The van der Waals surface area contributed by atoms with Gasteiger partial charge in [-0.25, -0.2) is 13.2 Å². The Hall–Kier alpha value is -1.05. The first-order valence-corrected chi connectivity index (χ1v) is 5.17. The number of nitrogens with two attached hydrogens (primary N) is 1. The number of halogens is 6. The standard InChI is InChI=1S/C9H8BrF5N2/c10-4-1-7(6(16)2-5(4)11)17-3-9(14,15)8(12)13/h1-2,8,17H,3,16H2. The third-order valence-corrected chi connectivity index (χ3v) is 2.53. The molecule has 96 valence electrons. The molecule has 0 bridgehead atoms. The smallest absolute Gasteiger partial charge is 0.324 e. The van der Waals surface area contributed by atoms with Gasteiger partial charge < -0.3 is 11.1 Å². The number of alkyl halides is 4. The van der Waals surface area contributed by atoms with Gasteiger partial charge in [0.25, 0.3) is 0 Å². The SMILES string of the molecule is Nc1cc(F)c(Br)cc1NCC(F)(F)C(F)F. The van der Waals surface area contributed by atoms with Gasteiger partial charge in [-0.05, 0) is 22.0 Å². The highest BCUT2D eigenvalue weighted by atomic mass is 79.9. The number of rotatable bonds is 4. The van der Waals surface area contributed by atoms with Crippen LogP contribution < -0.4 is 11.1 Å². The first-order chi connectivity index (χ1) is 7.74. The number of hydrogen-bond acceptors (Lipinski definition) is 2. The fraction of sp³-hybridized carbons (Fsp3) is 0.333. The highest BCUT2D eigenvalue weighted by Gasteiger charge is 2.40. The maximum Gasteiger partial charge on any atom is 0.324 e. The average Bonchev–Trinajstić information content (AvgIpc) is 2.21. The molecule has 3 N–H and O–H groups in total. The van der Waals surface area contributed by atoms with E-state index in [2.05, 4.69) is 21.2 Å². The second-order valence-corrected chi connectivity index (χ2v) is 4.12. The molecule has 0 aliphatic heterocycles. The molecule has 0 radical (unpaired) electrons. The van der Waals surface area contributed by atoms with Crippen LogP contribution in [0.2, 0.25) is 0 Å². The van der Waals surface area contributed by atoms with Gasteiger partial charge in [-0.3, -0.25) is 0 Å². The molecule has 0 aliphatic rings. The molecule has 0 spiro atoms. The summed E-state index contributed by atoms with van der Waals surface area (Å²) in [6.45, 7) is -1.28. The number of anilines is 2. The van der Waals surface area contributed by atoms with Crippen molar-refractivity contribution in [3.63, 3.8) is 0 Å². The summed E-state index contributed by atoms with van der Waals surface area (Å²) < 4.78 is 61.9. The Morgan fingerprint density at radius 1 is 1.35 bits per heavy atom. The number of nitrogens with one attached hydrogen (secondary N) is 1. The van der Waals surface area contributed by atoms with Crippen LogP contribution in [0.4, 0.5) is 33.3 Å². The van der Waals surface area contributed by atoms with Crippen molar-refractivity contribution < 1.29 is 22.0 Å². The zero-order valence-corrected chi connectivity index (χ0v) is 9.87. The Bertz CT molecular complexity index is 411. The lowest BCUT2D eigenvalue weighted by Crippen LogP contribution is -2.35. The lowest BCUT2D eigenvalue weighted by Gasteiger charge is -2.17. The van der Waals surface area contributed by atoms with Crippen molar-refractivity contribution in [2.24, 2.45) is 0 Å². The Balaban J connectivity index is 2.80. The van der Waals surface area contributed by atoms with Gasteiger partial charge in [-0.15, -0.1) is 0 Å². The van der Waals surface area contributed by atoms with E-state index in [0.29, 0.717) is 0 Å². The van der Waals surface area contributed by atoms with Crippen LogP contribution in [0.1, 0.15) is 0 Å². The van der Waals surface area contributed by atoms with E-state index in [1.165, 1.54) is 0 Å². The van der Waals surface area contributed by atoms with Crippen LogP contribution in [-0.4, -0.2) is 18.9 Å². The number of benzene rings is 1. The molecule has 0 amide bonds. The van der Waals surface area contributed by atoms with Crippen LogP contribution in [0.15, 0.2) is 16.6 Å². The molecule has 0 fully saturated rings. The molecular formula is C9H8BrF5N2. The number of hydrogen-bond donors (Lipinski definition) is 2. The highest BCUT2D eigenvalue weighted by Crippen LogP contribution is 2.29. The van der Waals surface area contributed by atoms with Gasteiger partial charge in [0.2, 0.25) is 0 Å². The molecule has 0 aromatic heterocycles. The van der Waals surface area contributed by atoms with Crippen LogP contribution in [-0.2, 0) is 0 Å². The summed E-state index contributed by atoms with van der Waals surface area (Å²) in [5, 5.41) is 2.05. The number of nitrogen functional groups attached to an aromatic ring is 1. The summed E-state index contributed by atoms with van der Waals surface area (Å²) in [5.41, 5.74) is 5.15. The van der Waals surface area contributed by atoms with Gasteiger partial charge in [0.15, 0.2) is 0 Å². The molecule has 1 aromatic carbocycles. The van der Waals surface area contributed by atoms with Crippen LogP contribution in [0.5, 0.6) is 0 Å². The third kappa shape index (κ3) is 3.45. The van der Waals surface area contributed by atoms with Crippen LogP contribution in [0, 0.1) is 5.82 Å². The first kappa shape index (κ1) is 14.0. The van der Waals surface area contributed by atoms with Gasteiger partial charge in [0, 0.05) is 6.07 Å². The summed E-state index contributed by atoms with van der Waals surface area (Å²) in [7, 11) is 0.